The molecule has 5 heteroatoms. The Balaban J connectivity index is 1.93. The van der Waals surface area contributed by atoms with E-state index in [0.29, 0.717) is 6.04 Å². The van der Waals surface area contributed by atoms with Crippen LogP contribution in [-0.4, -0.2) is 16.3 Å². The van der Waals surface area contributed by atoms with Gasteiger partial charge in [0.1, 0.15) is 5.82 Å². The molecule has 20 heavy (non-hydrogen) atoms. The highest BCUT2D eigenvalue weighted by atomic mass is 32.1. The quantitative estimate of drug-likeness (QED) is 0.673. The number of aryl methyl sites for hydroxylation is 1. The number of nitrogen functional groups attached to an aromatic ring is 1. The molecular weight excluding hydrogens is 268 g/mol. The van der Waals surface area contributed by atoms with Gasteiger partial charge in [0.2, 0.25) is 0 Å². The first-order chi connectivity index (χ1) is 9.74. The van der Waals surface area contributed by atoms with Crippen LogP contribution in [0.25, 0.3) is 10.9 Å². The first-order valence-corrected chi connectivity index (χ1v) is 7.67. The molecule has 2 aromatic heterocycles. The van der Waals surface area contributed by atoms with Gasteiger partial charge in [-0.25, -0.2) is 4.68 Å². The van der Waals surface area contributed by atoms with Gasteiger partial charge in [-0.05, 0) is 48.6 Å². The van der Waals surface area contributed by atoms with Crippen molar-refractivity contribution in [2.75, 3.05) is 17.6 Å². The molecule has 3 N–H and O–H groups in total. The van der Waals surface area contributed by atoms with Gasteiger partial charge in [0.15, 0.2) is 0 Å². The maximum absolute atomic E-state index is 5.87. The molecule has 1 atom stereocenters. The van der Waals surface area contributed by atoms with E-state index >= 15 is 0 Å². The van der Waals surface area contributed by atoms with Crippen LogP contribution in [0.2, 0.25) is 0 Å². The number of rotatable bonds is 1. The number of nitrogens with two attached hydrogens (primary N) is 1. The normalized spacial score (nSPS) is 17.9. The monoisotopic (exact) mass is 284 g/mol. The fourth-order valence-electron chi connectivity index (χ4n) is 2.94. The van der Waals surface area contributed by atoms with Crippen molar-refractivity contribution in [3.8, 4) is 0 Å². The van der Waals surface area contributed by atoms with Crippen LogP contribution in [0.4, 0.5) is 11.5 Å². The highest BCUT2D eigenvalue weighted by molar-refractivity contribution is 7.10. The molecule has 3 aromatic rings. The molecule has 4 rings (SSSR count). The predicted octanol–water partition coefficient (Wildman–Crippen LogP) is 3.39. The Labute approximate surface area is 121 Å². The van der Waals surface area contributed by atoms with E-state index in [4.69, 9.17) is 10.8 Å². The summed E-state index contributed by atoms with van der Waals surface area (Å²) in [6.45, 7) is 3.15. The predicted molar refractivity (Wildman–Crippen MR) is 84.4 cm³/mol. The lowest BCUT2D eigenvalue weighted by Crippen LogP contribution is -2.24. The minimum absolute atomic E-state index is 0.333. The molecule has 0 spiro atoms. The fraction of sp³-hybridized carbons (Fsp3) is 0.267. The number of hydrogen-bond donors (Lipinski definition) is 2. The van der Waals surface area contributed by atoms with Gasteiger partial charge in [0.25, 0.3) is 0 Å². The summed E-state index contributed by atoms with van der Waals surface area (Å²) >= 11 is 1.82. The van der Waals surface area contributed by atoms with E-state index < -0.39 is 0 Å². The first-order valence-electron chi connectivity index (χ1n) is 6.79. The Morgan fingerprint density at radius 2 is 2.30 bits per heavy atom. The van der Waals surface area contributed by atoms with E-state index in [0.717, 1.165) is 35.4 Å². The minimum atomic E-state index is 0.333. The molecule has 0 fully saturated rings. The maximum Gasteiger partial charge on any atom is 0.133 e. The van der Waals surface area contributed by atoms with Crippen molar-refractivity contribution < 1.29 is 0 Å². The van der Waals surface area contributed by atoms with Crippen molar-refractivity contribution in [1.82, 2.24) is 9.78 Å². The van der Waals surface area contributed by atoms with Crippen LogP contribution in [0, 0.1) is 6.92 Å². The zero-order chi connectivity index (χ0) is 13.7. The van der Waals surface area contributed by atoms with Crippen molar-refractivity contribution in [1.29, 1.82) is 0 Å². The SMILES string of the molecule is Cc1ccsc1C1CCNc2c3ccc(N)cc3nn21. The van der Waals surface area contributed by atoms with Crippen LogP contribution >= 0.6 is 11.3 Å². The molecule has 1 aliphatic heterocycles. The summed E-state index contributed by atoms with van der Waals surface area (Å²) in [6.07, 6.45) is 1.07. The molecule has 102 valence electrons. The lowest BCUT2D eigenvalue weighted by atomic mass is 10.1. The van der Waals surface area contributed by atoms with Gasteiger partial charge >= 0.3 is 0 Å². The molecule has 0 saturated carbocycles. The summed E-state index contributed by atoms with van der Waals surface area (Å²) in [4.78, 5) is 1.41. The molecule has 0 aliphatic carbocycles. The third kappa shape index (κ3) is 1.63. The summed E-state index contributed by atoms with van der Waals surface area (Å²) in [5.41, 5.74) is 8.95. The second kappa shape index (κ2) is 4.24. The molecule has 0 bridgehead atoms. The highest BCUT2D eigenvalue weighted by Gasteiger charge is 2.26. The van der Waals surface area contributed by atoms with Crippen LogP contribution in [0.5, 0.6) is 0 Å². The van der Waals surface area contributed by atoms with E-state index in [1.807, 2.05) is 23.5 Å². The zero-order valence-electron chi connectivity index (χ0n) is 11.3. The van der Waals surface area contributed by atoms with Gasteiger partial charge in [-0.2, -0.15) is 5.10 Å². The second-order valence-corrected chi connectivity index (χ2v) is 6.22. The number of fused-ring (bicyclic) bond motifs is 3. The van der Waals surface area contributed by atoms with Crippen molar-refractivity contribution >= 4 is 33.7 Å². The molecule has 4 nitrogen and oxygen atoms in total. The Bertz CT molecular complexity index is 786. The maximum atomic E-state index is 5.87. The number of thiophene rings is 1. The second-order valence-electron chi connectivity index (χ2n) is 5.27. The summed E-state index contributed by atoms with van der Waals surface area (Å²) < 4.78 is 2.13. The summed E-state index contributed by atoms with van der Waals surface area (Å²) in [6, 6.07) is 8.45. The van der Waals surface area contributed by atoms with Gasteiger partial charge in [-0.1, -0.05) is 0 Å². The Morgan fingerprint density at radius 3 is 3.10 bits per heavy atom. The molecule has 0 radical (unpaired) electrons. The molecular formula is C15H16N4S. The number of nitrogens with one attached hydrogen (secondary N) is 1. The Morgan fingerprint density at radius 1 is 1.40 bits per heavy atom. The van der Waals surface area contributed by atoms with Crippen molar-refractivity contribution in [2.45, 2.75) is 19.4 Å². The third-order valence-electron chi connectivity index (χ3n) is 3.93. The summed E-state index contributed by atoms with van der Waals surface area (Å²) in [5, 5.41) is 11.6. The number of aromatic nitrogens is 2. The number of benzene rings is 1. The molecule has 1 aromatic carbocycles. The van der Waals surface area contributed by atoms with Crippen molar-refractivity contribution in [2.24, 2.45) is 0 Å². The van der Waals surface area contributed by atoms with Gasteiger partial charge < -0.3 is 11.1 Å². The van der Waals surface area contributed by atoms with E-state index in [1.165, 1.54) is 10.4 Å². The largest absolute Gasteiger partial charge is 0.399 e. The number of anilines is 2. The van der Waals surface area contributed by atoms with Crippen LogP contribution in [0.1, 0.15) is 22.9 Å². The standard InChI is InChI=1S/C15H16N4S/c1-9-5-7-20-14(9)13-4-6-17-15-11-3-2-10(16)8-12(11)18-19(13)15/h2-3,5,7-8,13,17H,4,6,16H2,1H3. The lowest BCUT2D eigenvalue weighted by Gasteiger charge is -2.25. The van der Waals surface area contributed by atoms with Crippen molar-refractivity contribution in [3.63, 3.8) is 0 Å². The Kier molecular flexibility index (Phi) is 2.50. The fourth-order valence-corrected chi connectivity index (χ4v) is 3.99. The van der Waals surface area contributed by atoms with Crippen LogP contribution < -0.4 is 11.1 Å². The zero-order valence-corrected chi connectivity index (χ0v) is 12.1. The molecule has 1 unspecified atom stereocenters. The van der Waals surface area contributed by atoms with Crippen molar-refractivity contribution in [3.05, 3.63) is 40.1 Å². The number of nitrogens with zero attached hydrogens (tertiary/aromatic N) is 2. The van der Waals surface area contributed by atoms with Crippen LogP contribution in [-0.2, 0) is 0 Å². The van der Waals surface area contributed by atoms with Crippen LogP contribution in [0.3, 0.4) is 0 Å². The van der Waals surface area contributed by atoms with Crippen LogP contribution in [0.15, 0.2) is 29.6 Å². The van der Waals surface area contributed by atoms with E-state index in [1.54, 1.807) is 0 Å². The lowest BCUT2D eigenvalue weighted by molar-refractivity contribution is 0.491. The summed E-state index contributed by atoms with van der Waals surface area (Å²) in [7, 11) is 0. The minimum Gasteiger partial charge on any atom is -0.399 e. The smallest absolute Gasteiger partial charge is 0.133 e. The van der Waals surface area contributed by atoms with Gasteiger partial charge in [0.05, 0.1) is 11.6 Å². The molecule has 3 heterocycles. The third-order valence-corrected chi connectivity index (χ3v) is 5.05. The molecule has 1 aliphatic rings. The van der Waals surface area contributed by atoms with Gasteiger partial charge in [-0.3, -0.25) is 0 Å². The highest BCUT2D eigenvalue weighted by Crippen LogP contribution is 2.37. The van der Waals surface area contributed by atoms with E-state index in [-0.39, 0.29) is 0 Å². The van der Waals surface area contributed by atoms with Gasteiger partial charge in [-0.15, -0.1) is 11.3 Å². The summed E-state index contributed by atoms with van der Waals surface area (Å²) in [5.74, 6) is 1.11. The number of hydrogen-bond acceptors (Lipinski definition) is 4. The Hall–Kier alpha value is -2.01. The molecule has 0 saturated heterocycles. The average molecular weight is 284 g/mol. The van der Waals surface area contributed by atoms with Gasteiger partial charge in [0, 0.05) is 22.5 Å². The van der Waals surface area contributed by atoms with E-state index in [2.05, 4.69) is 34.4 Å². The van der Waals surface area contributed by atoms with E-state index in [9.17, 15) is 0 Å². The first kappa shape index (κ1) is 11.8. The average Bonchev–Trinajstić information content (AvgIpc) is 3.01. The molecule has 0 amide bonds. The topological polar surface area (TPSA) is 55.9 Å².